The lowest BCUT2D eigenvalue weighted by atomic mass is 9.89. The summed E-state index contributed by atoms with van der Waals surface area (Å²) in [6.45, 7) is 13.8. The summed E-state index contributed by atoms with van der Waals surface area (Å²) in [4.78, 5) is 49.8. The molecule has 55 heavy (non-hydrogen) atoms. The Balaban J connectivity index is 2.70. The van der Waals surface area contributed by atoms with Gasteiger partial charge in [-0.15, -0.1) is 0 Å². The van der Waals surface area contributed by atoms with Gasteiger partial charge in [-0.1, -0.05) is 157 Å². The fourth-order valence-electron chi connectivity index (χ4n) is 6.72. The van der Waals surface area contributed by atoms with Crippen LogP contribution in [0.25, 0.3) is 0 Å². The molecule has 1 saturated carbocycles. The van der Waals surface area contributed by atoms with E-state index in [1.54, 1.807) is 0 Å². The third-order valence-electron chi connectivity index (χ3n) is 9.94. The maximum absolute atomic E-state index is 12.8. The van der Waals surface area contributed by atoms with Gasteiger partial charge in [0.2, 0.25) is 0 Å². The number of carbonyl (C=O) groups excluding carboxylic acids is 3. The van der Waals surface area contributed by atoms with E-state index in [-0.39, 0.29) is 32.7 Å². The number of rotatable bonds is 31. The first-order valence-corrected chi connectivity index (χ1v) is 21.8. The Kier molecular flexibility index (Phi) is 29.3. The molecular weight excluding hydrogens is 708 g/mol. The minimum atomic E-state index is -1.59. The van der Waals surface area contributed by atoms with Crippen molar-refractivity contribution in [2.45, 2.75) is 214 Å². The van der Waals surface area contributed by atoms with Crippen molar-refractivity contribution < 1.29 is 57.4 Å². The van der Waals surface area contributed by atoms with Crippen LogP contribution < -0.4 is 0 Å². The van der Waals surface area contributed by atoms with Crippen LogP contribution in [0.2, 0.25) is 0 Å². The molecule has 0 aliphatic heterocycles. The van der Waals surface area contributed by atoms with E-state index in [4.69, 9.17) is 33.2 Å². The first-order valence-electron chi connectivity index (χ1n) is 21.8. The van der Waals surface area contributed by atoms with Gasteiger partial charge in [0.1, 0.15) is 24.4 Å². The largest absolute Gasteiger partial charge is 0.508 e. The first-order chi connectivity index (χ1) is 26.4. The number of unbranched alkanes of at least 4 members (excludes halogenated alkanes) is 15. The number of carbonyl (C=O) groups is 4. The fourth-order valence-corrected chi connectivity index (χ4v) is 6.72. The maximum atomic E-state index is 12.8. The van der Waals surface area contributed by atoms with Gasteiger partial charge in [-0.05, 0) is 37.0 Å². The summed E-state index contributed by atoms with van der Waals surface area (Å²) in [6.07, 6.45) is 12.6. The molecule has 0 spiro atoms. The Morgan fingerprint density at radius 3 is 0.891 bits per heavy atom. The van der Waals surface area contributed by atoms with Crippen LogP contribution in [-0.2, 0) is 33.2 Å². The molecule has 0 aromatic carbocycles. The van der Waals surface area contributed by atoms with Gasteiger partial charge in [0, 0.05) is 12.8 Å². The van der Waals surface area contributed by atoms with Gasteiger partial charge >= 0.3 is 24.6 Å². The van der Waals surface area contributed by atoms with E-state index in [2.05, 4.69) is 41.5 Å². The standard InChI is InChI=1S/C43H78O12/c1-33(2)25-19-13-7-10-16-22-28-49-41(46)53-37-32-39(55-43(48)51-30-24-18-12-9-15-21-27-35(5)6)38(31-36(37)52-40(44)45)54-42(47)50-29-23-17-11-8-14-20-26-34(3)4/h33-39H,7-32H2,1-6H3,(H,44,45). The van der Waals surface area contributed by atoms with Crippen LogP contribution in [0, 0.1) is 17.8 Å². The first kappa shape index (κ1) is 50.1. The topological polar surface area (TPSA) is 153 Å². The zero-order chi connectivity index (χ0) is 40.7. The Hall–Kier alpha value is -2.92. The van der Waals surface area contributed by atoms with Crippen LogP contribution in [-0.4, -0.2) is 74.0 Å². The third kappa shape index (κ3) is 29.1. The van der Waals surface area contributed by atoms with Crippen LogP contribution in [0.1, 0.15) is 189 Å². The van der Waals surface area contributed by atoms with Gasteiger partial charge in [0.15, 0.2) is 0 Å². The van der Waals surface area contributed by atoms with Crippen molar-refractivity contribution in [2.75, 3.05) is 19.8 Å². The summed E-state index contributed by atoms with van der Waals surface area (Å²) in [6, 6.07) is 0. The zero-order valence-corrected chi connectivity index (χ0v) is 35.4. The molecule has 1 rings (SSSR count). The third-order valence-corrected chi connectivity index (χ3v) is 9.94. The lowest BCUT2D eigenvalue weighted by molar-refractivity contribution is -0.140. The molecule has 322 valence electrons. The summed E-state index contributed by atoms with van der Waals surface area (Å²) in [5, 5.41) is 9.45. The van der Waals surface area contributed by atoms with Crippen LogP contribution >= 0.6 is 0 Å². The summed E-state index contributed by atoms with van der Waals surface area (Å²) in [7, 11) is 0. The fraction of sp³-hybridized carbons (Fsp3) is 0.907. The molecule has 1 fully saturated rings. The predicted octanol–water partition coefficient (Wildman–Crippen LogP) is 12.6. The quantitative estimate of drug-likeness (QED) is 0.0404. The lowest BCUT2D eigenvalue weighted by Crippen LogP contribution is -2.51. The summed E-state index contributed by atoms with van der Waals surface area (Å²) >= 11 is 0. The number of hydrogen-bond acceptors (Lipinski definition) is 11. The minimum absolute atomic E-state index is 0.155. The maximum Gasteiger partial charge on any atom is 0.508 e. The molecule has 1 aliphatic rings. The number of hydrogen-bond donors (Lipinski definition) is 1. The smallest absolute Gasteiger partial charge is 0.450 e. The Morgan fingerprint density at radius 2 is 0.636 bits per heavy atom. The van der Waals surface area contributed by atoms with Crippen LogP contribution in [0.15, 0.2) is 0 Å². The molecule has 0 aromatic heterocycles. The van der Waals surface area contributed by atoms with Gasteiger partial charge in [0.05, 0.1) is 19.8 Å². The highest BCUT2D eigenvalue weighted by molar-refractivity contribution is 5.62. The van der Waals surface area contributed by atoms with E-state index in [9.17, 15) is 24.3 Å². The average molecular weight is 787 g/mol. The summed E-state index contributed by atoms with van der Waals surface area (Å²) in [5.74, 6) is 2.13. The van der Waals surface area contributed by atoms with E-state index in [1.165, 1.54) is 57.8 Å². The highest BCUT2D eigenvalue weighted by Crippen LogP contribution is 2.30. The van der Waals surface area contributed by atoms with Gasteiger partial charge in [-0.3, -0.25) is 0 Å². The Labute approximate surface area is 332 Å². The van der Waals surface area contributed by atoms with Crippen molar-refractivity contribution in [1.29, 1.82) is 0 Å². The van der Waals surface area contributed by atoms with E-state index < -0.39 is 49.0 Å². The second-order valence-electron chi connectivity index (χ2n) is 16.6. The lowest BCUT2D eigenvalue weighted by Gasteiger charge is -2.37. The van der Waals surface area contributed by atoms with E-state index in [0.29, 0.717) is 37.0 Å². The van der Waals surface area contributed by atoms with Gasteiger partial charge < -0.3 is 38.3 Å². The molecule has 12 heteroatoms. The van der Waals surface area contributed by atoms with E-state index in [0.717, 1.165) is 57.8 Å². The average Bonchev–Trinajstić information content (AvgIpc) is 3.10. The molecule has 1 aliphatic carbocycles. The molecule has 12 nitrogen and oxygen atoms in total. The van der Waals surface area contributed by atoms with Gasteiger partial charge in [-0.25, -0.2) is 19.2 Å². The molecule has 4 unspecified atom stereocenters. The van der Waals surface area contributed by atoms with Gasteiger partial charge in [0.25, 0.3) is 0 Å². The molecular formula is C43H78O12. The Bertz CT molecular complexity index is 1000. The molecule has 0 aromatic rings. The molecule has 1 N–H and O–H groups in total. The normalized spacial score (nSPS) is 18.3. The number of ether oxygens (including phenoxy) is 7. The van der Waals surface area contributed by atoms with Crippen LogP contribution in [0.5, 0.6) is 0 Å². The minimum Gasteiger partial charge on any atom is -0.450 e. The zero-order valence-electron chi connectivity index (χ0n) is 35.4. The highest BCUT2D eigenvalue weighted by Gasteiger charge is 2.46. The van der Waals surface area contributed by atoms with E-state index >= 15 is 0 Å². The summed E-state index contributed by atoms with van der Waals surface area (Å²) in [5.41, 5.74) is 0. The van der Waals surface area contributed by atoms with Crippen molar-refractivity contribution >= 4 is 24.6 Å². The molecule has 0 amide bonds. The SMILES string of the molecule is CC(C)CCCCCCCCOC(=O)OC1CC(OC(=O)OCCCCCCCCC(C)C)C(OC(=O)OCCCCCCCCC(C)C)CC1OC(=O)O. The number of carboxylic acid groups (broad SMARTS) is 1. The predicted molar refractivity (Wildman–Crippen MR) is 212 cm³/mol. The van der Waals surface area contributed by atoms with Crippen molar-refractivity contribution in [3.05, 3.63) is 0 Å². The second-order valence-corrected chi connectivity index (χ2v) is 16.6. The second kappa shape index (κ2) is 32.2. The van der Waals surface area contributed by atoms with Crippen molar-refractivity contribution in [3.8, 4) is 0 Å². The molecule has 0 bridgehead atoms. The molecule has 0 saturated heterocycles. The Morgan fingerprint density at radius 1 is 0.400 bits per heavy atom. The van der Waals surface area contributed by atoms with Crippen molar-refractivity contribution in [3.63, 3.8) is 0 Å². The van der Waals surface area contributed by atoms with Gasteiger partial charge in [-0.2, -0.15) is 0 Å². The summed E-state index contributed by atoms with van der Waals surface area (Å²) < 4.78 is 37.6. The van der Waals surface area contributed by atoms with Crippen molar-refractivity contribution in [2.24, 2.45) is 17.8 Å². The van der Waals surface area contributed by atoms with E-state index in [1.807, 2.05) is 0 Å². The van der Waals surface area contributed by atoms with Crippen LogP contribution in [0.3, 0.4) is 0 Å². The monoisotopic (exact) mass is 787 g/mol. The molecule has 0 radical (unpaired) electrons. The molecule has 0 heterocycles. The molecule has 4 atom stereocenters. The van der Waals surface area contributed by atoms with Crippen LogP contribution in [0.4, 0.5) is 19.2 Å². The highest BCUT2D eigenvalue weighted by atomic mass is 16.8. The van der Waals surface area contributed by atoms with Crippen molar-refractivity contribution in [1.82, 2.24) is 0 Å².